The predicted octanol–water partition coefficient (Wildman–Crippen LogP) is 0.817. The number of carbonyl (C=O) groups excluding carboxylic acids is 1. The third-order valence-electron chi connectivity index (χ3n) is 4.56. The van der Waals surface area contributed by atoms with Gasteiger partial charge in [0, 0.05) is 24.5 Å². The Balaban J connectivity index is 1.74. The number of rotatable bonds is 2. The first-order chi connectivity index (χ1) is 9.20. The molecule has 3 rings (SSSR count). The summed E-state index contributed by atoms with van der Waals surface area (Å²) in [6, 6.07) is 0.278. The minimum Gasteiger partial charge on any atom is -0.394 e. The van der Waals surface area contributed by atoms with Crippen LogP contribution in [-0.2, 0) is 17.8 Å². The Kier molecular flexibility index (Phi) is 3.31. The van der Waals surface area contributed by atoms with Crippen LogP contribution in [0.15, 0.2) is 12.5 Å². The second kappa shape index (κ2) is 4.96. The van der Waals surface area contributed by atoms with Crippen molar-refractivity contribution >= 4 is 5.91 Å². The second-order valence-corrected chi connectivity index (χ2v) is 5.78. The van der Waals surface area contributed by atoms with Crippen LogP contribution in [0.25, 0.3) is 0 Å². The summed E-state index contributed by atoms with van der Waals surface area (Å²) in [5, 5.41) is 9.42. The lowest BCUT2D eigenvalue weighted by molar-refractivity contribution is -0.140. The van der Waals surface area contributed by atoms with Crippen LogP contribution in [0.4, 0.5) is 0 Å². The van der Waals surface area contributed by atoms with Gasteiger partial charge in [0.25, 0.3) is 0 Å². The van der Waals surface area contributed by atoms with Gasteiger partial charge in [-0.2, -0.15) is 0 Å². The van der Waals surface area contributed by atoms with E-state index in [4.69, 9.17) is 0 Å². The van der Waals surface area contributed by atoms with E-state index in [9.17, 15) is 9.90 Å². The molecule has 1 fully saturated rings. The molecule has 1 aromatic rings. The number of aliphatic hydroxyl groups excluding tert-OH is 1. The van der Waals surface area contributed by atoms with Crippen LogP contribution in [0.3, 0.4) is 0 Å². The SMILES string of the molecule is C[C@@H]1CC[C@H](CO)N1C(=O)C1CCc2cncn2C1. The molecule has 1 saturated heterocycles. The Morgan fingerprint density at radius 1 is 1.47 bits per heavy atom. The van der Waals surface area contributed by atoms with Gasteiger partial charge in [-0.05, 0) is 32.6 Å². The lowest BCUT2D eigenvalue weighted by atomic mass is 9.96. The van der Waals surface area contributed by atoms with Crippen LogP contribution in [0.1, 0.15) is 31.9 Å². The van der Waals surface area contributed by atoms with Gasteiger partial charge >= 0.3 is 0 Å². The predicted molar refractivity (Wildman–Crippen MR) is 70.5 cm³/mol. The van der Waals surface area contributed by atoms with Crippen LogP contribution < -0.4 is 0 Å². The lowest BCUT2D eigenvalue weighted by Crippen LogP contribution is -2.46. The van der Waals surface area contributed by atoms with Crippen LogP contribution >= 0.6 is 0 Å². The molecule has 2 aliphatic heterocycles. The number of hydrogen-bond acceptors (Lipinski definition) is 3. The number of nitrogens with zero attached hydrogens (tertiary/aromatic N) is 3. The third kappa shape index (κ3) is 2.16. The molecule has 0 radical (unpaired) electrons. The number of aryl methyl sites for hydroxylation is 1. The molecule has 0 aliphatic carbocycles. The molecule has 1 unspecified atom stereocenters. The summed E-state index contributed by atoms with van der Waals surface area (Å²) < 4.78 is 2.08. The number of imidazole rings is 1. The summed E-state index contributed by atoms with van der Waals surface area (Å²) in [6.45, 7) is 2.90. The van der Waals surface area contributed by atoms with Gasteiger partial charge in [-0.15, -0.1) is 0 Å². The Morgan fingerprint density at radius 2 is 2.32 bits per heavy atom. The molecule has 3 heterocycles. The van der Waals surface area contributed by atoms with Crippen molar-refractivity contribution in [1.29, 1.82) is 0 Å². The summed E-state index contributed by atoms with van der Waals surface area (Å²) in [6.07, 6.45) is 7.43. The normalized spacial score (nSPS) is 30.4. The number of fused-ring (bicyclic) bond motifs is 1. The van der Waals surface area contributed by atoms with Gasteiger partial charge in [-0.25, -0.2) is 4.98 Å². The first-order valence-electron chi connectivity index (χ1n) is 7.12. The monoisotopic (exact) mass is 263 g/mol. The molecule has 0 bridgehead atoms. The van der Waals surface area contributed by atoms with E-state index in [0.29, 0.717) is 0 Å². The van der Waals surface area contributed by atoms with Crippen molar-refractivity contribution in [3.63, 3.8) is 0 Å². The van der Waals surface area contributed by atoms with Crippen molar-refractivity contribution in [1.82, 2.24) is 14.5 Å². The largest absolute Gasteiger partial charge is 0.394 e. The van der Waals surface area contributed by atoms with E-state index in [1.807, 2.05) is 17.4 Å². The van der Waals surface area contributed by atoms with Gasteiger partial charge in [-0.1, -0.05) is 0 Å². The molecule has 5 heteroatoms. The van der Waals surface area contributed by atoms with E-state index in [1.165, 1.54) is 5.69 Å². The maximum Gasteiger partial charge on any atom is 0.228 e. The molecular formula is C14H21N3O2. The number of aromatic nitrogens is 2. The lowest BCUT2D eigenvalue weighted by Gasteiger charge is -2.33. The molecule has 0 saturated carbocycles. The molecule has 104 valence electrons. The van der Waals surface area contributed by atoms with Crippen LogP contribution in [0.2, 0.25) is 0 Å². The van der Waals surface area contributed by atoms with Gasteiger partial charge in [0.05, 0.1) is 24.9 Å². The molecule has 0 aromatic carbocycles. The summed E-state index contributed by atoms with van der Waals surface area (Å²) in [5.41, 5.74) is 1.22. The highest BCUT2D eigenvalue weighted by atomic mass is 16.3. The summed E-state index contributed by atoms with van der Waals surface area (Å²) in [5.74, 6) is 0.250. The molecule has 19 heavy (non-hydrogen) atoms. The molecule has 2 aliphatic rings. The maximum atomic E-state index is 12.7. The smallest absolute Gasteiger partial charge is 0.228 e. The van der Waals surface area contributed by atoms with E-state index in [1.54, 1.807) is 0 Å². The standard InChI is InChI=1S/C14H21N3O2/c1-10-2-4-13(8-18)17(10)14(19)11-3-5-12-6-15-9-16(12)7-11/h6,9-11,13,18H,2-5,7-8H2,1H3/t10-,11?,13-/m1/s1. The maximum absolute atomic E-state index is 12.7. The molecule has 1 amide bonds. The van der Waals surface area contributed by atoms with Crippen molar-refractivity contribution in [2.45, 2.75) is 51.2 Å². The topological polar surface area (TPSA) is 58.4 Å². The van der Waals surface area contributed by atoms with E-state index in [0.717, 1.165) is 32.2 Å². The van der Waals surface area contributed by atoms with Gasteiger partial charge in [-0.3, -0.25) is 4.79 Å². The highest BCUT2D eigenvalue weighted by molar-refractivity contribution is 5.80. The number of hydrogen-bond donors (Lipinski definition) is 1. The first-order valence-corrected chi connectivity index (χ1v) is 7.12. The Hall–Kier alpha value is -1.36. The van der Waals surface area contributed by atoms with Crippen molar-refractivity contribution in [3.8, 4) is 0 Å². The highest BCUT2D eigenvalue weighted by Crippen LogP contribution is 2.29. The van der Waals surface area contributed by atoms with Crippen molar-refractivity contribution in [3.05, 3.63) is 18.2 Å². The zero-order chi connectivity index (χ0) is 13.4. The van der Waals surface area contributed by atoms with Gasteiger partial charge in [0.15, 0.2) is 0 Å². The van der Waals surface area contributed by atoms with Crippen LogP contribution in [0.5, 0.6) is 0 Å². The quantitative estimate of drug-likeness (QED) is 0.859. The Morgan fingerprint density at radius 3 is 3.11 bits per heavy atom. The highest BCUT2D eigenvalue weighted by Gasteiger charge is 2.38. The number of aliphatic hydroxyl groups is 1. The summed E-state index contributed by atoms with van der Waals surface area (Å²) >= 11 is 0. The fourth-order valence-corrected chi connectivity index (χ4v) is 3.43. The summed E-state index contributed by atoms with van der Waals surface area (Å²) in [7, 11) is 0. The van der Waals surface area contributed by atoms with Crippen molar-refractivity contribution in [2.24, 2.45) is 5.92 Å². The molecule has 1 aromatic heterocycles. The zero-order valence-corrected chi connectivity index (χ0v) is 11.3. The fraction of sp³-hybridized carbons (Fsp3) is 0.714. The van der Waals surface area contributed by atoms with Crippen LogP contribution in [0, 0.1) is 5.92 Å². The average Bonchev–Trinajstić information content (AvgIpc) is 3.02. The average molecular weight is 263 g/mol. The number of amides is 1. The number of carbonyl (C=O) groups is 1. The molecule has 1 N–H and O–H groups in total. The number of likely N-dealkylation sites (tertiary alicyclic amines) is 1. The molecule has 3 atom stereocenters. The Bertz CT molecular complexity index is 471. The molecule has 0 spiro atoms. The molecular weight excluding hydrogens is 242 g/mol. The second-order valence-electron chi connectivity index (χ2n) is 5.78. The zero-order valence-electron chi connectivity index (χ0n) is 11.3. The van der Waals surface area contributed by atoms with E-state index in [2.05, 4.69) is 16.5 Å². The van der Waals surface area contributed by atoms with E-state index < -0.39 is 0 Å². The van der Waals surface area contributed by atoms with E-state index >= 15 is 0 Å². The van der Waals surface area contributed by atoms with Crippen molar-refractivity contribution < 1.29 is 9.90 Å². The van der Waals surface area contributed by atoms with E-state index in [-0.39, 0.29) is 30.5 Å². The van der Waals surface area contributed by atoms with Gasteiger partial charge in [0.2, 0.25) is 5.91 Å². The van der Waals surface area contributed by atoms with Gasteiger partial charge < -0.3 is 14.6 Å². The summed E-state index contributed by atoms with van der Waals surface area (Å²) in [4.78, 5) is 18.8. The minimum absolute atomic E-state index is 0.0201. The third-order valence-corrected chi connectivity index (χ3v) is 4.56. The Labute approximate surface area is 113 Å². The van der Waals surface area contributed by atoms with Crippen LogP contribution in [-0.4, -0.2) is 44.2 Å². The minimum atomic E-state index is 0.0201. The fourth-order valence-electron chi connectivity index (χ4n) is 3.43. The van der Waals surface area contributed by atoms with Gasteiger partial charge in [0.1, 0.15) is 0 Å². The first kappa shape index (κ1) is 12.7. The van der Waals surface area contributed by atoms with Crippen molar-refractivity contribution in [2.75, 3.05) is 6.61 Å². The molecule has 5 nitrogen and oxygen atoms in total.